The molecule has 1 saturated heterocycles. The van der Waals surface area contributed by atoms with Gasteiger partial charge in [-0.2, -0.15) is 0 Å². The third-order valence-corrected chi connectivity index (χ3v) is 6.45. The Bertz CT molecular complexity index is 922. The smallest absolute Gasteiger partial charge is 0.328 e. The average Bonchev–Trinajstić information content (AvgIpc) is 2.97. The average molecular weight is 430 g/mol. The van der Waals surface area contributed by atoms with Gasteiger partial charge in [0.1, 0.15) is 16.9 Å². The number of thioether (sulfide) groups is 1. The second-order valence-electron chi connectivity index (χ2n) is 8.36. The highest BCUT2D eigenvalue weighted by Gasteiger charge is 2.44. The molecule has 7 heteroatoms. The molecule has 0 spiro atoms. The molecule has 0 bridgehead atoms. The van der Waals surface area contributed by atoms with E-state index in [0.29, 0.717) is 11.5 Å². The Kier molecular flexibility index (Phi) is 6.43. The van der Waals surface area contributed by atoms with Crippen LogP contribution in [0.15, 0.2) is 48.5 Å². The molecule has 1 aliphatic rings. The van der Waals surface area contributed by atoms with Crippen molar-refractivity contribution in [3.8, 4) is 11.5 Å². The molecule has 2 aromatic carbocycles. The van der Waals surface area contributed by atoms with E-state index < -0.39 is 29.2 Å². The Morgan fingerprint density at radius 1 is 1.17 bits per heavy atom. The molecule has 6 nitrogen and oxygen atoms in total. The van der Waals surface area contributed by atoms with E-state index in [9.17, 15) is 19.8 Å². The van der Waals surface area contributed by atoms with E-state index in [-0.39, 0.29) is 11.3 Å². The van der Waals surface area contributed by atoms with Gasteiger partial charge in [0, 0.05) is 0 Å². The molecule has 0 saturated carbocycles. The van der Waals surface area contributed by atoms with E-state index in [2.05, 4.69) is 20.8 Å². The van der Waals surface area contributed by atoms with Crippen LogP contribution in [0.25, 0.3) is 0 Å². The van der Waals surface area contributed by atoms with Gasteiger partial charge in [-0.05, 0) is 47.7 Å². The molecule has 1 heterocycles. The number of aliphatic hydroxyl groups is 1. The SMILES string of the molecule is CC1SC(c2cccc(Oc3ccc(C(C)(C)C)cc3)c2)N([C@@H](CO)C(=O)O)C1=O. The lowest BCUT2D eigenvalue weighted by Crippen LogP contribution is -2.46. The van der Waals surface area contributed by atoms with E-state index in [1.165, 1.54) is 22.2 Å². The summed E-state index contributed by atoms with van der Waals surface area (Å²) in [5, 5.41) is 18.1. The minimum atomic E-state index is -1.28. The van der Waals surface area contributed by atoms with Crippen LogP contribution in [-0.4, -0.2) is 44.9 Å². The van der Waals surface area contributed by atoms with Crippen molar-refractivity contribution in [3.05, 3.63) is 59.7 Å². The van der Waals surface area contributed by atoms with Crippen LogP contribution in [-0.2, 0) is 15.0 Å². The van der Waals surface area contributed by atoms with Crippen molar-refractivity contribution in [2.45, 2.75) is 49.8 Å². The number of carbonyl (C=O) groups is 2. The maximum Gasteiger partial charge on any atom is 0.328 e. The number of rotatable bonds is 6. The lowest BCUT2D eigenvalue weighted by atomic mass is 9.87. The third-order valence-electron chi connectivity index (χ3n) is 5.08. The first kappa shape index (κ1) is 22.2. The monoisotopic (exact) mass is 429 g/mol. The number of nitrogens with zero attached hydrogens (tertiary/aromatic N) is 1. The highest BCUT2D eigenvalue weighted by atomic mass is 32.2. The Morgan fingerprint density at radius 2 is 1.83 bits per heavy atom. The first-order chi connectivity index (χ1) is 14.1. The normalized spacial score (nSPS) is 20.3. The lowest BCUT2D eigenvalue weighted by molar-refractivity contribution is -0.151. The number of hydrogen-bond donors (Lipinski definition) is 2. The molecule has 0 radical (unpaired) electrons. The van der Waals surface area contributed by atoms with Gasteiger partial charge >= 0.3 is 5.97 Å². The van der Waals surface area contributed by atoms with Crippen LogP contribution in [0.3, 0.4) is 0 Å². The standard InChI is InChI=1S/C23H27NO5S/c1-14-20(26)24(19(13-25)22(27)28)21(30-14)15-6-5-7-18(12-15)29-17-10-8-16(9-11-17)23(2,3)4/h5-12,14,19,21,25H,13H2,1-4H3,(H,27,28)/t14?,19-,21?/m0/s1. The van der Waals surface area contributed by atoms with Crippen molar-refractivity contribution in [3.63, 3.8) is 0 Å². The Balaban J connectivity index is 1.85. The molecule has 2 unspecified atom stereocenters. The van der Waals surface area contributed by atoms with Crippen molar-refractivity contribution in [1.29, 1.82) is 0 Å². The van der Waals surface area contributed by atoms with Gasteiger partial charge in [-0.25, -0.2) is 4.79 Å². The maximum absolute atomic E-state index is 12.6. The first-order valence-corrected chi connectivity index (χ1v) is 10.8. The molecular weight excluding hydrogens is 402 g/mol. The van der Waals surface area contributed by atoms with Gasteiger partial charge in [-0.15, -0.1) is 11.8 Å². The molecular formula is C23H27NO5S. The number of benzene rings is 2. The van der Waals surface area contributed by atoms with Crippen molar-refractivity contribution >= 4 is 23.6 Å². The fourth-order valence-electron chi connectivity index (χ4n) is 3.37. The molecule has 1 aliphatic heterocycles. The van der Waals surface area contributed by atoms with Crippen molar-refractivity contribution < 1.29 is 24.5 Å². The van der Waals surface area contributed by atoms with Crippen LogP contribution in [0.1, 0.15) is 44.2 Å². The molecule has 1 fully saturated rings. The summed E-state index contributed by atoms with van der Waals surface area (Å²) in [6.45, 7) is 7.55. The van der Waals surface area contributed by atoms with Gasteiger partial charge in [-0.3, -0.25) is 4.79 Å². The molecule has 2 N–H and O–H groups in total. The van der Waals surface area contributed by atoms with Crippen LogP contribution in [0.5, 0.6) is 11.5 Å². The van der Waals surface area contributed by atoms with Crippen LogP contribution >= 0.6 is 11.8 Å². The highest BCUT2D eigenvalue weighted by molar-refractivity contribution is 8.01. The minimum absolute atomic E-state index is 0.0538. The van der Waals surface area contributed by atoms with Gasteiger partial charge < -0.3 is 19.8 Å². The summed E-state index contributed by atoms with van der Waals surface area (Å²) in [6, 6.07) is 13.9. The second-order valence-corrected chi connectivity index (χ2v) is 9.79. The van der Waals surface area contributed by atoms with Gasteiger partial charge in [0.25, 0.3) is 0 Å². The van der Waals surface area contributed by atoms with E-state index in [1.54, 1.807) is 6.92 Å². The van der Waals surface area contributed by atoms with Crippen molar-refractivity contribution in [2.75, 3.05) is 6.61 Å². The molecule has 3 atom stereocenters. The summed E-state index contributed by atoms with van der Waals surface area (Å²) in [5.41, 5.74) is 2.01. The van der Waals surface area contributed by atoms with E-state index >= 15 is 0 Å². The van der Waals surface area contributed by atoms with Crippen molar-refractivity contribution in [1.82, 2.24) is 4.90 Å². The largest absolute Gasteiger partial charge is 0.480 e. The molecule has 30 heavy (non-hydrogen) atoms. The van der Waals surface area contributed by atoms with Gasteiger partial charge in [0.05, 0.1) is 11.9 Å². The lowest BCUT2D eigenvalue weighted by Gasteiger charge is -2.29. The van der Waals surface area contributed by atoms with Crippen LogP contribution in [0.2, 0.25) is 0 Å². The summed E-state index contributed by atoms with van der Waals surface area (Å²) >= 11 is 1.36. The van der Waals surface area contributed by atoms with Crippen LogP contribution in [0, 0.1) is 0 Å². The zero-order valence-corrected chi connectivity index (χ0v) is 18.3. The summed E-state index contributed by atoms with van der Waals surface area (Å²) in [5.74, 6) is -0.230. The maximum atomic E-state index is 12.6. The topological polar surface area (TPSA) is 87.1 Å². The van der Waals surface area contributed by atoms with E-state index in [0.717, 1.165) is 5.56 Å². The predicted octanol–water partition coefficient (Wildman–Crippen LogP) is 4.18. The van der Waals surface area contributed by atoms with Gasteiger partial charge in [-0.1, -0.05) is 45.0 Å². The quantitative estimate of drug-likeness (QED) is 0.716. The first-order valence-electron chi connectivity index (χ1n) is 9.81. The Hall–Kier alpha value is -2.51. The molecule has 1 amide bonds. The predicted molar refractivity (Wildman–Crippen MR) is 117 cm³/mol. The minimum Gasteiger partial charge on any atom is -0.480 e. The Morgan fingerprint density at radius 3 is 2.40 bits per heavy atom. The number of amides is 1. The molecule has 2 aromatic rings. The number of carboxylic acids is 1. The van der Waals surface area contributed by atoms with E-state index in [1.807, 2.05) is 48.5 Å². The second kappa shape index (κ2) is 8.70. The fraction of sp³-hybridized carbons (Fsp3) is 0.391. The summed E-state index contributed by atoms with van der Waals surface area (Å²) in [7, 11) is 0. The zero-order chi connectivity index (χ0) is 22.1. The third kappa shape index (κ3) is 4.63. The fourth-order valence-corrected chi connectivity index (χ4v) is 4.69. The highest BCUT2D eigenvalue weighted by Crippen LogP contribution is 2.45. The Labute approximate surface area is 180 Å². The molecule has 3 rings (SSSR count). The van der Waals surface area contributed by atoms with Gasteiger partial charge in [0.15, 0.2) is 6.04 Å². The molecule has 0 aliphatic carbocycles. The van der Waals surface area contributed by atoms with E-state index in [4.69, 9.17) is 4.74 Å². The van der Waals surface area contributed by atoms with Crippen LogP contribution in [0.4, 0.5) is 0 Å². The number of hydrogen-bond acceptors (Lipinski definition) is 5. The number of aliphatic carboxylic acids is 1. The number of aliphatic hydroxyl groups excluding tert-OH is 1. The van der Waals surface area contributed by atoms with Crippen LogP contribution < -0.4 is 4.74 Å². The molecule has 160 valence electrons. The summed E-state index contributed by atoms with van der Waals surface area (Å²) < 4.78 is 5.99. The summed E-state index contributed by atoms with van der Waals surface area (Å²) in [4.78, 5) is 25.4. The number of ether oxygens (including phenoxy) is 1. The number of carbonyl (C=O) groups excluding carboxylic acids is 1. The van der Waals surface area contributed by atoms with Gasteiger partial charge in [0.2, 0.25) is 5.91 Å². The number of carboxylic acid groups (broad SMARTS) is 1. The van der Waals surface area contributed by atoms with Crippen molar-refractivity contribution in [2.24, 2.45) is 0 Å². The summed E-state index contributed by atoms with van der Waals surface area (Å²) in [6.07, 6.45) is 0. The zero-order valence-electron chi connectivity index (χ0n) is 17.5. The molecule has 0 aromatic heterocycles.